The molecule has 1 aromatic carbocycles. The first-order chi connectivity index (χ1) is 9.99. The average molecular weight is 314 g/mol. The summed E-state index contributed by atoms with van der Waals surface area (Å²) in [5.41, 5.74) is -0.0851. The lowest BCUT2D eigenvalue weighted by Gasteiger charge is -2.38. The van der Waals surface area contributed by atoms with Gasteiger partial charge in [-0.1, -0.05) is 6.92 Å². The van der Waals surface area contributed by atoms with Gasteiger partial charge in [0.15, 0.2) is 11.6 Å². The van der Waals surface area contributed by atoms with E-state index < -0.39 is 5.82 Å². The standard InChI is InChI=1S/C16H21ClFNO2/c1-11-5-7-16(10-17,8-6-11)19-15(20)12-3-4-14(21-2)13(18)9-12/h3-4,9,11H,5-8,10H2,1-2H3,(H,19,20). The summed E-state index contributed by atoms with van der Waals surface area (Å²) >= 11 is 6.09. The van der Waals surface area contributed by atoms with E-state index in [9.17, 15) is 9.18 Å². The van der Waals surface area contributed by atoms with Gasteiger partial charge in [-0.25, -0.2) is 4.39 Å². The summed E-state index contributed by atoms with van der Waals surface area (Å²) in [6.07, 6.45) is 3.82. The third-order valence-corrected chi connectivity index (χ3v) is 4.79. The van der Waals surface area contributed by atoms with Gasteiger partial charge in [-0.05, 0) is 49.8 Å². The number of nitrogens with one attached hydrogen (secondary N) is 1. The van der Waals surface area contributed by atoms with Gasteiger partial charge in [0.05, 0.1) is 12.6 Å². The first-order valence-electron chi connectivity index (χ1n) is 7.22. The third kappa shape index (κ3) is 3.67. The predicted octanol–water partition coefficient (Wildman–Crippen LogP) is 3.75. The maximum absolute atomic E-state index is 13.7. The molecule has 0 spiro atoms. The van der Waals surface area contributed by atoms with E-state index in [4.69, 9.17) is 16.3 Å². The number of hydrogen-bond donors (Lipinski definition) is 1. The second-order valence-electron chi connectivity index (χ2n) is 5.90. The van der Waals surface area contributed by atoms with Gasteiger partial charge < -0.3 is 10.1 Å². The maximum Gasteiger partial charge on any atom is 0.251 e. The van der Waals surface area contributed by atoms with Crippen molar-refractivity contribution in [3.05, 3.63) is 29.6 Å². The Hall–Kier alpha value is -1.29. The second-order valence-corrected chi connectivity index (χ2v) is 6.17. The lowest BCUT2D eigenvalue weighted by Crippen LogP contribution is -2.52. The fourth-order valence-corrected chi connectivity index (χ4v) is 3.06. The number of benzene rings is 1. The summed E-state index contributed by atoms with van der Waals surface area (Å²) in [5.74, 6) is 0.347. The average Bonchev–Trinajstić information content (AvgIpc) is 2.49. The summed E-state index contributed by atoms with van der Waals surface area (Å²) in [5, 5.41) is 3.01. The summed E-state index contributed by atoms with van der Waals surface area (Å²) in [4.78, 5) is 12.3. The number of carbonyl (C=O) groups is 1. The molecule has 0 aromatic heterocycles. The van der Waals surface area contributed by atoms with Crippen LogP contribution in [0.2, 0.25) is 0 Å². The quantitative estimate of drug-likeness (QED) is 0.860. The highest BCUT2D eigenvalue weighted by atomic mass is 35.5. The van der Waals surface area contributed by atoms with Crippen LogP contribution in [0, 0.1) is 11.7 Å². The van der Waals surface area contributed by atoms with E-state index in [1.54, 1.807) is 6.07 Å². The van der Waals surface area contributed by atoms with Crippen LogP contribution in [0.3, 0.4) is 0 Å². The Morgan fingerprint density at radius 3 is 2.67 bits per heavy atom. The van der Waals surface area contributed by atoms with E-state index in [0.717, 1.165) is 25.7 Å². The van der Waals surface area contributed by atoms with Crippen LogP contribution in [-0.2, 0) is 0 Å². The Bertz CT molecular complexity index is 513. The van der Waals surface area contributed by atoms with Gasteiger partial charge in [-0.2, -0.15) is 0 Å². The molecular formula is C16H21ClFNO2. The van der Waals surface area contributed by atoms with Crippen molar-refractivity contribution in [1.82, 2.24) is 5.32 Å². The van der Waals surface area contributed by atoms with Crippen LogP contribution < -0.4 is 10.1 Å². The number of rotatable bonds is 4. The highest BCUT2D eigenvalue weighted by molar-refractivity contribution is 6.19. The molecule has 1 saturated carbocycles. The van der Waals surface area contributed by atoms with Crippen molar-refractivity contribution < 1.29 is 13.9 Å². The molecule has 0 aliphatic heterocycles. The van der Waals surface area contributed by atoms with Crippen LogP contribution in [0.25, 0.3) is 0 Å². The molecule has 0 radical (unpaired) electrons. The molecule has 5 heteroatoms. The zero-order valence-electron chi connectivity index (χ0n) is 12.4. The van der Waals surface area contributed by atoms with Crippen LogP contribution in [0.4, 0.5) is 4.39 Å². The van der Waals surface area contributed by atoms with Gasteiger partial charge in [0, 0.05) is 11.4 Å². The lowest BCUT2D eigenvalue weighted by atomic mass is 9.78. The minimum Gasteiger partial charge on any atom is -0.494 e. The first kappa shape index (κ1) is 16.1. The van der Waals surface area contributed by atoms with E-state index in [2.05, 4.69) is 12.2 Å². The van der Waals surface area contributed by atoms with Crippen molar-refractivity contribution in [1.29, 1.82) is 0 Å². The van der Waals surface area contributed by atoms with Crippen molar-refractivity contribution in [3.8, 4) is 5.75 Å². The molecule has 1 aromatic rings. The van der Waals surface area contributed by atoms with Gasteiger partial charge in [0.25, 0.3) is 5.91 Å². The predicted molar refractivity (Wildman–Crippen MR) is 81.5 cm³/mol. The molecular weight excluding hydrogens is 293 g/mol. The molecule has 0 heterocycles. The molecule has 1 fully saturated rings. The zero-order valence-corrected chi connectivity index (χ0v) is 13.2. The number of ether oxygens (including phenoxy) is 1. The Balaban J connectivity index is 2.11. The molecule has 1 aliphatic carbocycles. The van der Waals surface area contributed by atoms with Gasteiger partial charge >= 0.3 is 0 Å². The SMILES string of the molecule is COc1ccc(C(=O)NC2(CCl)CCC(C)CC2)cc1F. The Kier molecular flexibility index (Phi) is 5.09. The topological polar surface area (TPSA) is 38.3 Å². The van der Waals surface area contributed by atoms with Crippen LogP contribution in [0.15, 0.2) is 18.2 Å². The van der Waals surface area contributed by atoms with Gasteiger partial charge in [0.2, 0.25) is 0 Å². The largest absolute Gasteiger partial charge is 0.494 e. The Morgan fingerprint density at radius 2 is 2.14 bits per heavy atom. The molecule has 1 amide bonds. The third-order valence-electron chi connectivity index (χ3n) is 4.28. The molecule has 0 bridgehead atoms. The number of halogens is 2. The minimum absolute atomic E-state index is 0.130. The second kappa shape index (κ2) is 6.65. The number of amides is 1. The molecule has 0 atom stereocenters. The van der Waals surface area contributed by atoms with Crippen LogP contribution >= 0.6 is 11.6 Å². The van der Waals surface area contributed by atoms with Crippen molar-refractivity contribution >= 4 is 17.5 Å². The van der Waals surface area contributed by atoms with Crippen molar-refractivity contribution in [2.45, 2.75) is 38.1 Å². The van der Waals surface area contributed by atoms with E-state index in [1.807, 2.05) is 0 Å². The molecule has 0 saturated heterocycles. The summed E-state index contributed by atoms with van der Waals surface area (Å²) in [7, 11) is 1.39. The number of alkyl halides is 1. The van der Waals surface area contributed by atoms with Gasteiger partial charge in [-0.15, -0.1) is 11.6 Å². The van der Waals surface area contributed by atoms with Crippen LogP contribution in [-0.4, -0.2) is 24.4 Å². The lowest BCUT2D eigenvalue weighted by molar-refractivity contribution is 0.0872. The number of methoxy groups -OCH3 is 1. The molecule has 21 heavy (non-hydrogen) atoms. The van der Waals surface area contributed by atoms with Crippen molar-refractivity contribution in [3.63, 3.8) is 0 Å². The fourth-order valence-electron chi connectivity index (χ4n) is 2.73. The molecule has 0 unspecified atom stereocenters. The number of hydrogen-bond acceptors (Lipinski definition) is 2. The normalized spacial score (nSPS) is 25.4. The fraction of sp³-hybridized carbons (Fsp3) is 0.562. The monoisotopic (exact) mass is 313 g/mol. The van der Waals surface area contributed by atoms with E-state index >= 15 is 0 Å². The minimum atomic E-state index is -0.540. The highest BCUT2D eigenvalue weighted by Gasteiger charge is 2.35. The number of carbonyl (C=O) groups excluding carboxylic acids is 1. The molecule has 1 aliphatic rings. The van der Waals surface area contributed by atoms with Crippen molar-refractivity contribution in [2.75, 3.05) is 13.0 Å². The van der Waals surface area contributed by atoms with Gasteiger partial charge in [0.1, 0.15) is 0 Å². The van der Waals surface area contributed by atoms with Crippen molar-refractivity contribution in [2.24, 2.45) is 5.92 Å². The Morgan fingerprint density at radius 1 is 1.48 bits per heavy atom. The van der Waals surface area contributed by atoms with E-state index in [0.29, 0.717) is 11.8 Å². The zero-order chi connectivity index (χ0) is 15.5. The molecule has 116 valence electrons. The smallest absolute Gasteiger partial charge is 0.251 e. The van der Waals surface area contributed by atoms with Crippen LogP contribution in [0.1, 0.15) is 43.0 Å². The summed E-state index contributed by atoms with van der Waals surface area (Å²) in [6.45, 7) is 2.21. The van der Waals surface area contributed by atoms with E-state index in [-0.39, 0.29) is 22.8 Å². The summed E-state index contributed by atoms with van der Waals surface area (Å²) < 4.78 is 18.5. The highest BCUT2D eigenvalue weighted by Crippen LogP contribution is 2.33. The van der Waals surface area contributed by atoms with Gasteiger partial charge in [-0.3, -0.25) is 4.79 Å². The molecule has 3 nitrogen and oxygen atoms in total. The first-order valence-corrected chi connectivity index (χ1v) is 7.75. The Labute approximate surface area is 129 Å². The van der Waals surface area contributed by atoms with Crippen LogP contribution in [0.5, 0.6) is 5.75 Å². The molecule has 2 rings (SSSR count). The van der Waals surface area contributed by atoms with E-state index in [1.165, 1.54) is 19.2 Å². The summed E-state index contributed by atoms with van der Waals surface area (Å²) in [6, 6.07) is 4.22. The molecule has 1 N–H and O–H groups in total. The maximum atomic E-state index is 13.7.